The highest BCUT2D eigenvalue weighted by molar-refractivity contribution is 6.04. The van der Waals surface area contributed by atoms with Gasteiger partial charge in [-0.3, -0.25) is 9.59 Å². The molecule has 3 rings (SSSR count). The molecule has 0 aliphatic rings. The maximum absolute atomic E-state index is 13.6. The summed E-state index contributed by atoms with van der Waals surface area (Å²) >= 11 is 0. The number of rotatable bonds is 6. The highest BCUT2D eigenvalue weighted by Crippen LogP contribution is 2.26. The second-order valence-corrected chi connectivity index (χ2v) is 7.28. The predicted molar refractivity (Wildman–Crippen MR) is 115 cm³/mol. The summed E-state index contributed by atoms with van der Waals surface area (Å²) in [6, 6.07) is 14.5. The van der Waals surface area contributed by atoms with Crippen LogP contribution in [-0.4, -0.2) is 34.2 Å². The summed E-state index contributed by atoms with van der Waals surface area (Å²) in [5.74, 6) is 0.545. The molecule has 0 radical (unpaired) electrons. The molecule has 0 saturated heterocycles. The van der Waals surface area contributed by atoms with Crippen molar-refractivity contribution >= 4 is 16.7 Å². The standard InChI is InChI=1S/C23H27N3O3/c1-6-25(16(4)17-10-9-11-18(14-17)29-5)23(28)21-19-12-7-8-13-20(19)22(27)26(24-21)15(2)3/h7-16H,6H2,1-5H3. The van der Waals surface area contributed by atoms with Crippen LogP contribution in [0.1, 0.15) is 55.8 Å². The summed E-state index contributed by atoms with van der Waals surface area (Å²) in [7, 11) is 1.62. The SMILES string of the molecule is CCN(C(=O)c1nn(C(C)C)c(=O)c2ccccc12)C(C)c1cccc(OC)c1. The summed E-state index contributed by atoms with van der Waals surface area (Å²) in [6.07, 6.45) is 0. The largest absolute Gasteiger partial charge is 0.497 e. The van der Waals surface area contributed by atoms with Crippen LogP contribution in [0.4, 0.5) is 0 Å². The summed E-state index contributed by atoms with van der Waals surface area (Å²) in [5, 5.41) is 5.55. The minimum Gasteiger partial charge on any atom is -0.497 e. The lowest BCUT2D eigenvalue weighted by atomic mass is 10.0. The van der Waals surface area contributed by atoms with E-state index in [4.69, 9.17) is 4.74 Å². The average Bonchev–Trinajstić information content (AvgIpc) is 2.74. The number of nitrogens with zero attached hydrogens (tertiary/aromatic N) is 3. The van der Waals surface area contributed by atoms with E-state index in [1.165, 1.54) is 4.68 Å². The van der Waals surface area contributed by atoms with Gasteiger partial charge in [0.25, 0.3) is 11.5 Å². The third-order valence-corrected chi connectivity index (χ3v) is 5.17. The highest BCUT2D eigenvalue weighted by Gasteiger charge is 2.26. The monoisotopic (exact) mass is 393 g/mol. The number of hydrogen-bond donors (Lipinski definition) is 0. The number of amides is 1. The first-order chi connectivity index (χ1) is 13.9. The number of carbonyl (C=O) groups is 1. The zero-order valence-corrected chi connectivity index (χ0v) is 17.5. The second-order valence-electron chi connectivity index (χ2n) is 7.28. The average molecular weight is 393 g/mol. The van der Waals surface area contributed by atoms with Crippen molar-refractivity contribution in [2.75, 3.05) is 13.7 Å². The van der Waals surface area contributed by atoms with Crippen LogP contribution in [-0.2, 0) is 0 Å². The minimum atomic E-state index is -0.201. The van der Waals surface area contributed by atoms with Crippen LogP contribution in [0.25, 0.3) is 10.8 Å². The van der Waals surface area contributed by atoms with Gasteiger partial charge in [0.15, 0.2) is 5.69 Å². The van der Waals surface area contributed by atoms with Crippen LogP contribution in [0.5, 0.6) is 5.75 Å². The van der Waals surface area contributed by atoms with Crippen LogP contribution in [0.3, 0.4) is 0 Å². The van der Waals surface area contributed by atoms with Crippen molar-refractivity contribution in [1.82, 2.24) is 14.7 Å². The molecular formula is C23H27N3O3. The van der Waals surface area contributed by atoms with Gasteiger partial charge in [-0.05, 0) is 51.5 Å². The molecule has 6 heteroatoms. The first-order valence-electron chi connectivity index (χ1n) is 9.85. The van der Waals surface area contributed by atoms with Crippen molar-refractivity contribution in [3.8, 4) is 5.75 Å². The van der Waals surface area contributed by atoms with E-state index >= 15 is 0 Å². The van der Waals surface area contributed by atoms with Gasteiger partial charge in [0, 0.05) is 11.9 Å². The van der Waals surface area contributed by atoms with Crippen LogP contribution < -0.4 is 10.3 Å². The van der Waals surface area contributed by atoms with E-state index in [1.807, 2.05) is 58.0 Å². The predicted octanol–water partition coefficient (Wildman–Crippen LogP) is 4.21. The normalized spacial score (nSPS) is 12.2. The van der Waals surface area contributed by atoms with Gasteiger partial charge in [0.2, 0.25) is 0 Å². The van der Waals surface area contributed by atoms with Crippen molar-refractivity contribution in [2.45, 2.75) is 39.8 Å². The molecule has 0 N–H and O–H groups in total. The van der Waals surface area contributed by atoms with Gasteiger partial charge in [-0.25, -0.2) is 4.68 Å². The summed E-state index contributed by atoms with van der Waals surface area (Å²) < 4.78 is 6.71. The van der Waals surface area contributed by atoms with Gasteiger partial charge in [-0.1, -0.05) is 30.3 Å². The third-order valence-electron chi connectivity index (χ3n) is 5.17. The van der Waals surface area contributed by atoms with Crippen molar-refractivity contribution in [2.24, 2.45) is 0 Å². The molecule has 29 heavy (non-hydrogen) atoms. The van der Waals surface area contributed by atoms with Crippen LogP contribution in [0, 0.1) is 0 Å². The molecule has 1 aromatic heterocycles. The molecule has 0 spiro atoms. The van der Waals surface area contributed by atoms with E-state index in [-0.39, 0.29) is 23.6 Å². The van der Waals surface area contributed by atoms with E-state index < -0.39 is 0 Å². The topological polar surface area (TPSA) is 64.4 Å². The van der Waals surface area contributed by atoms with Gasteiger partial charge in [0.1, 0.15) is 5.75 Å². The number of aromatic nitrogens is 2. The fraction of sp³-hybridized carbons (Fsp3) is 0.348. The molecule has 1 unspecified atom stereocenters. The fourth-order valence-corrected chi connectivity index (χ4v) is 3.53. The van der Waals surface area contributed by atoms with E-state index in [9.17, 15) is 9.59 Å². The summed E-state index contributed by atoms with van der Waals surface area (Å²) in [6.45, 7) is 8.20. The van der Waals surface area contributed by atoms with E-state index in [0.29, 0.717) is 23.0 Å². The van der Waals surface area contributed by atoms with Crippen molar-refractivity contribution < 1.29 is 9.53 Å². The summed E-state index contributed by atoms with van der Waals surface area (Å²) in [5.41, 5.74) is 1.09. The van der Waals surface area contributed by atoms with E-state index in [2.05, 4.69) is 5.10 Å². The molecule has 0 aliphatic carbocycles. The Bertz CT molecular complexity index is 1090. The number of fused-ring (bicyclic) bond motifs is 1. The molecule has 0 bridgehead atoms. The Morgan fingerprint density at radius 1 is 1.10 bits per heavy atom. The minimum absolute atomic E-state index is 0.149. The van der Waals surface area contributed by atoms with Crippen LogP contribution in [0.15, 0.2) is 53.3 Å². The molecule has 2 aromatic carbocycles. The van der Waals surface area contributed by atoms with Crippen LogP contribution in [0.2, 0.25) is 0 Å². The molecule has 152 valence electrons. The number of hydrogen-bond acceptors (Lipinski definition) is 4. The molecule has 0 saturated carbocycles. The Morgan fingerprint density at radius 3 is 2.41 bits per heavy atom. The fourth-order valence-electron chi connectivity index (χ4n) is 3.53. The van der Waals surface area contributed by atoms with Crippen LogP contribution >= 0.6 is 0 Å². The number of methoxy groups -OCH3 is 1. The molecule has 1 amide bonds. The third kappa shape index (κ3) is 3.88. The zero-order chi connectivity index (χ0) is 21.1. The molecular weight excluding hydrogens is 366 g/mol. The lowest BCUT2D eigenvalue weighted by Gasteiger charge is -2.29. The molecule has 0 aliphatic heterocycles. The molecule has 0 fully saturated rings. The number of ether oxygens (including phenoxy) is 1. The Morgan fingerprint density at radius 2 is 1.79 bits per heavy atom. The van der Waals surface area contributed by atoms with Crippen molar-refractivity contribution in [1.29, 1.82) is 0 Å². The lowest BCUT2D eigenvalue weighted by Crippen LogP contribution is -2.36. The Kier molecular flexibility index (Phi) is 6.01. The lowest BCUT2D eigenvalue weighted by molar-refractivity contribution is 0.0695. The van der Waals surface area contributed by atoms with Gasteiger partial charge >= 0.3 is 0 Å². The maximum Gasteiger partial charge on any atom is 0.275 e. The first kappa shape index (κ1) is 20.6. The summed E-state index contributed by atoms with van der Waals surface area (Å²) in [4.78, 5) is 28.1. The smallest absolute Gasteiger partial charge is 0.275 e. The Balaban J connectivity index is 2.11. The quantitative estimate of drug-likeness (QED) is 0.629. The van der Waals surface area contributed by atoms with Gasteiger partial charge in [-0.15, -0.1) is 0 Å². The highest BCUT2D eigenvalue weighted by atomic mass is 16.5. The van der Waals surface area contributed by atoms with Crippen molar-refractivity contribution in [3.05, 3.63) is 70.1 Å². The zero-order valence-electron chi connectivity index (χ0n) is 17.5. The maximum atomic E-state index is 13.6. The number of benzene rings is 2. The Hall–Kier alpha value is -3.15. The van der Waals surface area contributed by atoms with E-state index in [0.717, 1.165) is 11.3 Å². The second kappa shape index (κ2) is 8.47. The van der Waals surface area contributed by atoms with Gasteiger partial charge in [0.05, 0.1) is 24.6 Å². The first-order valence-corrected chi connectivity index (χ1v) is 9.85. The van der Waals surface area contributed by atoms with Crippen molar-refractivity contribution in [3.63, 3.8) is 0 Å². The van der Waals surface area contributed by atoms with E-state index in [1.54, 1.807) is 30.2 Å². The van der Waals surface area contributed by atoms with Gasteiger partial charge < -0.3 is 9.64 Å². The molecule has 3 aromatic rings. The Labute approximate surface area is 170 Å². The number of carbonyl (C=O) groups excluding carboxylic acids is 1. The molecule has 1 atom stereocenters. The molecule has 6 nitrogen and oxygen atoms in total. The molecule has 1 heterocycles. The van der Waals surface area contributed by atoms with Gasteiger partial charge in [-0.2, -0.15) is 5.10 Å².